The van der Waals surface area contributed by atoms with Crippen LogP contribution in [0.15, 0.2) is 24.3 Å². The number of para-hydroxylation sites is 2. The van der Waals surface area contributed by atoms with Crippen LogP contribution in [0.4, 0.5) is 0 Å². The number of benzene rings is 1. The lowest BCUT2D eigenvalue weighted by Gasteiger charge is -2.25. The Bertz CT molecular complexity index is 581. The van der Waals surface area contributed by atoms with Crippen LogP contribution in [0.25, 0.3) is 11.0 Å². The Hall–Kier alpha value is -1.35. The molecule has 1 aromatic carbocycles. The van der Waals surface area contributed by atoms with Crippen LogP contribution in [0.3, 0.4) is 0 Å². The first-order valence-corrected chi connectivity index (χ1v) is 8.10. The van der Waals surface area contributed by atoms with Gasteiger partial charge in [0.05, 0.1) is 11.0 Å². The molecule has 0 aliphatic rings. The molecule has 0 radical (unpaired) electrons. The molecule has 0 fully saturated rings. The zero-order chi connectivity index (χ0) is 15.5. The molecule has 3 heteroatoms. The average Bonchev–Trinajstić information content (AvgIpc) is 2.73. The molecule has 0 saturated carbocycles. The highest BCUT2D eigenvalue weighted by atomic mass is 15.1. The second kappa shape index (κ2) is 6.61. The lowest BCUT2D eigenvalue weighted by molar-refractivity contribution is 0.311. The van der Waals surface area contributed by atoms with Crippen molar-refractivity contribution in [2.75, 3.05) is 6.54 Å². The van der Waals surface area contributed by atoms with Crippen LogP contribution in [-0.2, 0) is 13.0 Å². The van der Waals surface area contributed by atoms with E-state index in [9.17, 15) is 0 Å². The number of nitrogens with one attached hydrogen (secondary N) is 1. The quantitative estimate of drug-likeness (QED) is 0.833. The molecule has 3 nitrogen and oxygen atoms in total. The van der Waals surface area contributed by atoms with E-state index in [1.807, 2.05) is 0 Å². The maximum Gasteiger partial charge on any atom is 0.110 e. The zero-order valence-corrected chi connectivity index (χ0v) is 14.1. The van der Waals surface area contributed by atoms with Gasteiger partial charge in [-0.25, -0.2) is 4.98 Å². The third kappa shape index (κ3) is 4.07. The molecule has 116 valence electrons. The summed E-state index contributed by atoms with van der Waals surface area (Å²) in [7, 11) is 0. The molecule has 1 N–H and O–H groups in total. The van der Waals surface area contributed by atoms with Crippen LogP contribution in [0, 0.1) is 5.41 Å². The fraction of sp³-hybridized carbons (Fsp3) is 0.611. The molecule has 0 saturated heterocycles. The molecule has 0 spiro atoms. The molecule has 1 heterocycles. The summed E-state index contributed by atoms with van der Waals surface area (Å²) < 4.78 is 2.35. The topological polar surface area (TPSA) is 29.9 Å². The van der Waals surface area contributed by atoms with Gasteiger partial charge in [0, 0.05) is 19.0 Å². The van der Waals surface area contributed by atoms with E-state index in [0.29, 0.717) is 6.04 Å². The molecule has 0 aliphatic carbocycles. The molecular weight excluding hydrogens is 258 g/mol. The first kappa shape index (κ1) is 16.0. The van der Waals surface area contributed by atoms with Gasteiger partial charge in [-0.1, -0.05) is 39.8 Å². The van der Waals surface area contributed by atoms with Crippen molar-refractivity contribution in [3.63, 3.8) is 0 Å². The van der Waals surface area contributed by atoms with Crippen LogP contribution < -0.4 is 5.32 Å². The third-order valence-corrected chi connectivity index (χ3v) is 4.04. The van der Waals surface area contributed by atoms with E-state index in [1.54, 1.807) is 0 Å². The predicted octanol–water partition coefficient (Wildman–Crippen LogP) is 4.01. The van der Waals surface area contributed by atoms with Crippen molar-refractivity contribution in [3.05, 3.63) is 30.1 Å². The van der Waals surface area contributed by atoms with Crippen LogP contribution >= 0.6 is 0 Å². The predicted molar refractivity (Wildman–Crippen MR) is 90.6 cm³/mol. The lowest BCUT2D eigenvalue weighted by Crippen LogP contribution is -2.29. The molecule has 0 unspecified atom stereocenters. The first-order chi connectivity index (χ1) is 9.93. The number of aromatic nitrogens is 2. The van der Waals surface area contributed by atoms with Crippen molar-refractivity contribution >= 4 is 11.0 Å². The van der Waals surface area contributed by atoms with E-state index in [0.717, 1.165) is 31.4 Å². The largest absolute Gasteiger partial charge is 0.328 e. The maximum atomic E-state index is 4.85. The summed E-state index contributed by atoms with van der Waals surface area (Å²) in [5.74, 6) is 1.22. The number of imidazole rings is 1. The molecule has 21 heavy (non-hydrogen) atoms. The summed E-state index contributed by atoms with van der Waals surface area (Å²) >= 11 is 0. The lowest BCUT2D eigenvalue weighted by atomic mass is 9.85. The van der Waals surface area contributed by atoms with Crippen LogP contribution in [0.2, 0.25) is 0 Å². The maximum absolute atomic E-state index is 4.85. The molecule has 0 amide bonds. The molecular formula is C18H29N3. The number of nitrogens with zero attached hydrogens (tertiary/aromatic N) is 2. The fourth-order valence-corrected chi connectivity index (χ4v) is 2.83. The van der Waals surface area contributed by atoms with Gasteiger partial charge in [0.25, 0.3) is 0 Å². The number of hydrogen-bond donors (Lipinski definition) is 1. The summed E-state index contributed by atoms with van der Waals surface area (Å²) in [6.07, 6.45) is 2.19. The van der Waals surface area contributed by atoms with Crippen LogP contribution in [-0.4, -0.2) is 22.1 Å². The highest BCUT2D eigenvalue weighted by molar-refractivity contribution is 5.75. The van der Waals surface area contributed by atoms with Gasteiger partial charge in [-0.15, -0.1) is 0 Å². The van der Waals surface area contributed by atoms with E-state index < -0.39 is 0 Å². The highest BCUT2D eigenvalue weighted by Gasteiger charge is 2.22. The van der Waals surface area contributed by atoms with Crippen molar-refractivity contribution in [2.24, 2.45) is 5.41 Å². The second-order valence-electron chi connectivity index (χ2n) is 6.96. The average molecular weight is 287 g/mol. The Morgan fingerprint density at radius 2 is 1.95 bits per heavy atom. The monoisotopic (exact) mass is 287 g/mol. The van der Waals surface area contributed by atoms with Crippen molar-refractivity contribution in [2.45, 2.75) is 60.0 Å². The molecule has 2 aromatic rings. The number of aryl methyl sites for hydroxylation is 1. The molecule has 2 rings (SSSR count). The Kier molecular flexibility index (Phi) is 5.04. The molecule has 1 aromatic heterocycles. The van der Waals surface area contributed by atoms with Crippen molar-refractivity contribution in [1.29, 1.82) is 0 Å². The Morgan fingerprint density at radius 1 is 1.24 bits per heavy atom. The summed E-state index contributed by atoms with van der Waals surface area (Å²) in [5, 5.41) is 3.52. The first-order valence-electron chi connectivity index (χ1n) is 8.10. The van der Waals surface area contributed by atoms with Crippen molar-refractivity contribution in [1.82, 2.24) is 14.9 Å². The number of hydrogen-bond acceptors (Lipinski definition) is 2. The Morgan fingerprint density at radius 3 is 2.62 bits per heavy atom. The van der Waals surface area contributed by atoms with Gasteiger partial charge in [0.1, 0.15) is 5.82 Å². The molecule has 0 bridgehead atoms. The van der Waals surface area contributed by atoms with E-state index in [1.165, 1.54) is 11.3 Å². The van der Waals surface area contributed by atoms with Crippen LogP contribution in [0.5, 0.6) is 0 Å². The van der Waals surface area contributed by atoms with Gasteiger partial charge in [-0.2, -0.15) is 0 Å². The SMILES string of the molecule is CCn1c(CC(C)(C)CCNC(C)C)nc2ccccc21. The van der Waals surface area contributed by atoms with Gasteiger partial charge in [-0.05, 0) is 37.4 Å². The van der Waals surface area contributed by atoms with Gasteiger partial charge in [0.15, 0.2) is 0 Å². The number of rotatable bonds is 7. The second-order valence-corrected chi connectivity index (χ2v) is 6.96. The Labute approximate surface area is 128 Å². The van der Waals surface area contributed by atoms with Gasteiger partial charge in [0.2, 0.25) is 0 Å². The van der Waals surface area contributed by atoms with Crippen LogP contribution in [0.1, 0.15) is 46.9 Å². The van der Waals surface area contributed by atoms with Gasteiger partial charge >= 0.3 is 0 Å². The molecule has 0 atom stereocenters. The summed E-state index contributed by atoms with van der Waals surface area (Å²) in [6.45, 7) is 13.3. The van der Waals surface area contributed by atoms with E-state index >= 15 is 0 Å². The third-order valence-electron chi connectivity index (χ3n) is 4.04. The Balaban J connectivity index is 2.14. The highest BCUT2D eigenvalue weighted by Crippen LogP contribution is 2.27. The standard InChI is InChI=1S/C18H29N3/c1-6-21-16-10-8-7-9-15(16)20-17(21)13-18(4,5)11-12-19-14(2)3/h7-10,14,19H,6,11-13H2,1-5H3. The minimum absolute atomic E-state index is 0.260. The van der Waals surface area contributed by atoms with Crippen molar-refractivity contribution in [3.8, 4) is 0 Å². The number of fused-ring (bicyclic) bond motifs is 1. The molecule has 0 aliphatic heterocycles. The zero-order valence-electron chi connectivity index (χ0n) is 14.1. The minimum Gasteiger partial charge on any atom is -0.328 e. The summed E-state index contributed by atoms with van der Waals surface area (Å²) in [6, 6.07) is 9.00. The van der Waals surface area contributed by atoms with E-state index in [4.69, 9.17) is 4.98 Å². The summed E-state index contributed by atoms with van der Waals surface area (Å²) in [5.41, 5.74) is 2.63. The van der Waals surface area contributed by atoms with Crippen molar-refractivity contribution < 1.29 is 0 Å². The fourth-order valence-electron chi connectivity index (χ4n) is 2.83. The van der Waals surface area contributed by atoms with E-state index in [2.05, 4.69) is 68.8 Å². The van der Waals surface area contributed by atoms with Gasteiger partial charge < -0.3 is 9.88 Å². The summed E-state index contributed by atoms with van der Waals surface area (Å²) in [4.78, 5) is 4.85. The minimum atomic E-state index is 0.260. The normalized spacial score (nSPS) is 12.5. The van der Waals surface area contributed by atoms with E-state index in [-0.39, 0.29) is 5.41 Å². The van der Waals surface area contributed by atoms with Gasteiger partial charge in [-0.3, -0.25) is 0 Å². The smallest absolute Gasteiger partial charge is 0.110 e.